The summed E-state index contributed by atoms with van der Waals surface area (Å²) in [6.07, 6.45) is 1.36. The van der Waals surface area contributed by atoms with Crippen LogP contribution in [0, 0.1) is 0 Å². The van der Waals surface area contributed by atoms with E-state index in [2.05, 4.69) is 5.32 Å². The summed E-state index contributed by atoms with van der Waals surface area (Å²) in [5, 5.41) is 11.8. The molecule has 0 unspecified atom stereocenters. The molecule has 2 N–H and O–H groups in total. The minimum absolute atomic E-state index is 0.00764. The third kappa shape index (κ3) is 2.50. The number of carboxylic acids is 1. The number of hydrogen-bond donors (Lipinski definition) is 2. The van der Waals surface area contributed by atoms with Crippen molar-refractivity contribution in [3.63, 3.8) is 0 Å². The van der Waals surface area contributed by atoms with Gasteiger partial charge in [-0.2, -0.15) is 0 Å². The third-order valence-corrected chi connectivity index (χ3v) is 6.65. The van der Waals surface area contributed by atoms with Gasteiger partial charge in [-0.05, 0) is 51.3 Å². The van der Waals surface area contributed by atoms with E-state index in [0.29, 0.717) is 19.3 Å². The molecule has 1 heterocycles. The third-order valence-electron chi connectivity index (χ3n) is 4.65. The Morgan fingerprint density at radius 2 is 1.92 bits per heavy atom. The first-order valence-corrected chi connectivity index (χ1v) is 9.33. The minimum Gasteiger partial charge on any atom is -0.480 e. The highest BCUT2D eigenvalue weighted by Gasteiger charge is 2.46. The van der Waals surface area contributed by atoms with E-state index in [-0.39, 0.29) is 16.0 Å². The molecule has 0 aromatic heterocycles. The van der Waals surface area contributed by atoms with Gasteiger partial charge in [-0.25, -0.2) is 17.5 Å². The highest BCUT2D eigenvalue weighted by Crippen LogP contribution is 2.34. The molecule has 0 saturated heterocycles. The van der Waals surface area contributed by atoms with Crippen molar-refractivity contribution in [1.29, 1.82) is 0 Å². The lowest BCUT2D eigenvalue weighted by Gasteiger charge is -2.38. The number of nitrogens with one attached hydrogen (secondary N) is 1. The molecule has 1 saturated carbocycles. The maximum atomic E-state index is 12.6. The first kappa shape index (κ1) is 17.4. The van der Waals surface area contributed by atoms with Crippen molar-refractivity contribution >= 4 is 27.8 Å². The molecule has 8 nitrogen and oxygen atoms in total. The summed E-state index contributed by atoms with van der Waals surface area (Å²) in [4.78, 5) is 35.8. The van der Waals surface area contributed by atoms with E-state index in [1.807, 2.05) is 0 Å². The second-order valence-electron chi connectivity index (χ2n) is 6.61. The van der Waals surface area contributed by atoms with Crippen molar-refractivity contribution in [2.45, 2.75) is 49.6 Å². The maximum Gasteiger partial charge on any atom is 0.329 e. The molecule has 2 amide bonds. The highest BCUT2D eigenvalue weighted by molar-refractivity contribution is 7.90. The molecule has 1 fully saturated rings. The number of rotatable bonds is 4. The number of nitrogens with zero attached hydrogens (tertiary/aromatic N) is 1. The summed E-state index contributed by atoms with van der Waals surface area (Å²) in [5.41, 5.74) is -1.27. The minimum atomic E-state index is -4.01. The van der Waals surface area contributed by atoms with Crippen molar-refractivity contribution in [1.82, 2.24) is 9.62 Å². The lowest BCUT2D eigenvalue weighted by atomic mass is 9.76. The summed E-state index contributed by atoms with van der Waals surface area (Å²) in [7, 11) is -4.01. The van der Waals surface area contributed by atoms with Crippen LogP contribution in [0.15, 0.2) is 23.1 Å². The molecule has 2 aliphatic rings. The number of carbonyl (C=O) groups excluding carboxylic acids is 2. The number of carboxylic acid groups (broad SMARTS) is 1. The van der Waals surface area contributed by atoms with Crippen LogP contribution in [-0.4, -0.2) is 47.2 Å². The molecule has 3 rings (SSSR count). The Kier molecular flexibility index (Phi) is 3.86. The molecular formula is C16H18N2O6S. The Labute approximate surface area is 144 Å². The Hall–Kier alpha value is -2.42. The fraction of sp³-hybridized carbons (Fsp3) is 0.438. The van der Waals surface area contributed by atoms with E-state index in [9.17, 15) is 27.9 Å². The molecule has 1 aliphatic heterocycles. The van der Waals surface area contributed by atoms with Gasteiger partial charge >= 0.3 is 5.97 Å². The van der Waals surface area contributed by atoms with Crippen LogP contribution in [-0.2, 0) is 14.8 Å². The standard InChI is InChI=1S/C16H18N2O6S/c1-9(2)18-14(20)11-5-4-10(8-12(11)25(18,23)24)13(19)17-16(15(21)22)6-3-7-16/h4-5,8-9H,3,6-7H2,1-2H3,(H,17,19)(H,21,22). The van der Waals surface area contributed by atoms with Gasteiger partial charge in [0.1, 0.15) is 10.4 Å². The fourth-order valence-electron chi connectivity index (χ4n) is 3.11. The van der Waals surface area contributed by atoms with Gasteiger partial charge in [-0.3, -0.25) is 9.59 Å². The van der Waals surface area contributed by atoms with Crippen molar-refractivity contribution in [2.24, 2.45) is 0 Å². The summed E-state index contributed by atoms with van der Waals surface area (Å²) < 4.78 is 25.9. The van der Waals surface area contributed by atoms with Crippen LogP contribution in [0.1, 0.15) is 53.8 Å². The van der Waals surface area contributed by atoms with E-state index in [4.69, 9.17) is 0 Å². The smallest absolute Gasteiger partial charge is 0.329 e. The Morgan fingerprint density at radius 3 is 2.40 bits per heavy atom. The second-order valence-corrected chi connectivity index (χ2v) is 8.39. The summed E-state index contributed by atoms with van der Waals surface area (Å²) in [6.45, 7) is 3.17. The molecule has 0 spiro atoms. The molecule has 1 aliphatic carbocycles. The van der Waals surface area contributed by atoms with Crippen LogP contribution in [0.5, 0.6) is 0 Å². The quantitative estimate of drug-likeness (QED) is 0.819. The summed E-state index contributed by atoms with van der Waals surface area (Å²) in [6, 6.07) is 3.21. The Morgan fingerprint density at radius 1 is 1.28 bits per heavy atom. The Balaban J connectivity index is 1.96. The summed E-state index contributed by atoms with van der Waals surface area (Å²) in [5.74, 6) is -2.41. The van der Waals surface area contributed by atoms with E-state index >= 15 is 0 Å². The van der Waals surface area contributed by atoms with Crippen molar-refractivity contribution < 1.29 is 27.9 Å². The lowest BCUT2D eigenvalue weighted by Crippen LogP contribution is -2.59. The van der Waals surface area contributed by atoms with E-state index in [0.717, 1.165) is 10.4 Å². The number of benzene rings is 1. The molecule has 134 valence electrons. The molecule has 0 bridgehead atoms. The number of carbonyl (C=O) groups is 3. The Bertz CT molecular complexity index is 886. The van der Waals surface area contributed by atoms with Gasteiger partial charge in [0.25, 0.3) is 21.8 Å². The van der Waals surface area contributed by atoms with Gasteiger partial charge in [0.05, 0.1) is 5.56 Å². The average molecular weight is 366 g/mol. The molecule has 1 aromatic carbocycles. The zero-order valence-electron chi connectivity index (χ0n) is 13.8. The number of amides is 2. The highest BCUT2D eigenvalue weighted by atomic mass is 32.2. The predicted molar refractivity (Wildman–Crippen MR) is 86.6 cm³/mol. The lowest BCUT2D eigenvalue weighted by molar-refractivity contribution is -0.148. The normalized spacial score (nSPS) is 20.1. The predicted octanol–water partition coefficient (Wildman–Crippen LogP) is 0.977. The monoisotopic (exact) mass is 366 g/mol. The van der Waals surface area contributed by atoms with E-state index < -0.39 is 39.4 Å². The van der Waals surface area contributed by atoms with Crippen molar-refractivity contribution in [3.8, 4) is 0 Å². The molecule has 0 radical (unpaired) electrons. The molecule has 0 atom stereocenters. The van der Waals surface area contributed by atoms with Crippen LogP contribution < -0.4 is 5.32 Å². The number of sulfonamides is 1. The zero-order valence-corrected chi connectivity index (χ0v) is 14.6. The van der Waals surface area contributed by atoms with Crippen LogP contribution in [0.4, 0.5) is 0 Å². The van der Waals surface area contributed by atoms with Crippen molar-refractivity contribution in [3.05, 3.63) is 29.3 Å². The largest absolute Gasteiger partial charge is 0.480 e. The number of fused-ring (bicyclic) bond motifs is 1. The molecule has 25 heavy (non-hydrogen) atoms. The van der Waals surface area contributed by atoms with E-state index in [1.54, 1.807) is 13.8 Å². The van der Waals surface area contributed by atoms with Gasteiger partial charge in [0, 0.05) is 11.6 Å². The molecular weight excluding hydrogens is 348 g/mol. The van der Waals surface area contributed by atoms with Crippen LogP contribution in [0.3, 0.4) is 0 Å². The van der Waals surface area contributed by atoms with Gasteiger partial charge < -0.3 is 10.4 Å². The van der Waals surface area contributed by atoms with Crippen LogP contribution in [0.25, 0.3) is 0 Å². The number of hydrogen-bond acceptors (Lipinski definition) is 5. The van der Waals surface area contributed by atoms with Crippen LogP contribution >= 0.6 is 0 Å². The first-order valence-electron chi connectivity index (χ1n) is 7.89. The van der Waals surface area contributed by atoms with Crippen LogP contribution in [0.2, 0.25) is 0 Å². The number of aliphatic carboxylic acids is 1. The van der Waals surface area contributed by atoms with Gasteiger partial charge in [-0.1, -0.05) is 0 Å². The fourth-order valence-corrected chi connectivity index (χ4v) is 4.90. The molecule has 1 aromatic rings. The second kappa shape index (κ2) is 5.55. The zero-order chi connectivity index (χ0) is 18.6. The average Bonchev–Trinajstić information content (AvgIpc) is 2.68. The van der Waals surface area contributed by atoms with Crippen molar-refractivity contribution in [2.75, 3.05) is 0 Å². The first-order chi connectivity index (χ1) is 11.6. The van der Waals surface area contributed by atoms with Gasteiger partial charge in [-0.15, -0.1) is 0 Å². The van der Waals surface area contributed by atoms with Gasteiger partial charge in [0.15, 0.2) is 0 Å². The topological polar surface area (TPSA) is 121 Å². The van der Waals surface area contributed by atoms with E-state index in [1.165, 1.54) is 12.1 Å². The summed E-state index contributed by atoms with van der Waals surface area (Å²) >= 11 is 0. The SMILES string of the molecule is CC(C)N1C(=O)c2ccc(C(=O)NC3(C(=O)O)CCC3)cc2S1(=O)=O. The molecule has 9 heteroatoms. The van der Waals surface area contributed by atoms with Gasteiger partial charge in [0.2, 0.25) is 0 Å². The maximum absolute atomic E-state index is 12.6.